The van der Waals surface area contributed by atoms with Crippen LogP contribution in [0.2, 0.25) is 0 Å². The van der Waals surface area contributed by atoms with Gasteiger partial charge in [0.1, 0.15) is 12.2 Å². The first kappa shape index (κ1) is 30.7. The molecule has 1 aliphatic carbocycles. The van der Waals surface area contributed by atoms with Crippen molar-refractivity contribution in [3.8, 4) is 0 Å². The van der Waals surface area contributed by atoms with E-state index in [2.05, 4.69) is 5.32 Å². The standard InChI is InChI=1S/C35H39NO6/c37-31(30(25-27-13-5-1-6-14-27)36-34(40)29-17-9-3-10-18-29)19-20-33(39)42-35(22-11-4-12-23-35)24-21-32(38)41-26-28-15-7-2-8-16-28/h1-3,5-10,13-18,30H,4,11-12,19-26H2,(H,36,40). The van der Waals surface area contributed by atoms with Gasteiger partial charge in [-0.2, -0.15) is 0 Å². The maximum absolute atomic E-state index is 13.3. The fraction of sp³-hybridized carbons (Fsp3) is 0.371. The second kappa shape index (κ2) is 15.7. The molecule has 1 aliphatic rings. The Labute approximate surface area is 247 Å². The molecule has 4 rings (SSSR count). The molecule has 0 aliphatic heterocycles. The lowest BCUT2D eigenvalue weighted by Crippen LogP contribution is -2.43. The van der Waals surface area contributed by atoms with Crippen LogP contribution >= 0.6 is 0 Å². The summed E-state index contributed by atoms with van der Waals surface area (Å²) in [6.07, 6.45) is 4.97. The van der Waals surface area contributed by atoms with Crippen LogP contribution < -0.4 is 5.32 Å². The molecule has 1 amide bonds. The molecule has 7 nitrogen and oxygen atoms in total. The normalized spacial score (nSPS) is 14.8. The van der Waals surface area contributed by atoms with Crippen LogP contribution in [0.5, 0.6) is 0 Å². The van der Waals surface area contributed by atoms with Crippen molar-refractivity contribution in [2.45, 2.75) is 82.5 Å². The average molecular weight is 570 g/mol. The second-order valence-electron chi connectivity index (χ2n) is 10.9. The molecular formula is C35H39NO6. The van der Waals surface area contributed by atoms with Crippen LogP contribution in [-0.4, -0.2) is 35.3 Å². The third-order valence-corrected chi connectivity index (χ3v) is 7.71. The van der Waals surface area contributed by atoms with E-state index in [1.807, 2.05) is 66.7 Å². The zero-order valence-electron chi connectivity index (χ0n) is 24.0. The third kappa shape index (κ3) is 9.68. The first-order valence-electron chi connectivity index (χ1n) is 14.8. The van der Waals surface area contributed by atoms with Gasteiger partial charge in [-0.15, -0.1) is 0 Å². The number of carbonyl (C=O) groups excluding carboxylic acids is 4. The first-order chi connectivity index (χ1) is 20.4. The second-order valence-corrected chi connectivity index (χ2v) is 10.9. The summed E-state index contributed by atoms with van der Waals surface area (Å²) >= 11 is 0. The van der Waals surface area contributed by atoms with Gasteiger partial charge in [0.2, 0.25) is 0 Å². The van der Waals surface area contributed by atoms with Crippen LogP contribution in [0.15, 0.2) is 91.0 Å². The van der Waals surface area contributed by atoms with Gasteiger partial charge in [-0.25, -0.2) is 0 Å². The SMILES string of the molecule is O=C(CCC1(OC(=O)CCC(=O)C(Cc2ccccc2)NC(=O)c2ccccc2)CCCCC1)OCc1ccccc1. The molecule has 3 aromatic rings. The van der Waals surface area contributed by atoms with Crippen molar-refractivity contribution in [1.82, 2.24) is 5.32 Å². The van der Waals surface area contributed by atoms with E-state index in [4.69, 9.17) is 9.47 Å². The van der Waals surface area contributed by atoms with Gasteiger partial charge in [-0.3, -0.25) is 19.2 Å². The highest BCUT2D eigenvalue weighted by molar-refractivity contribution is 5.98. The van der Waals surface area contributed by atoms with Crippen molar-refractivity contribution in [3.63, 3.8) is 0 Å². The summed E-state index contributed by atoms with van der Waals surface area (Å²) in [6, 6.07) is 26.9. The van der Waals surface area contributed by atoms with Gasteiger partial charge in [-0.1, -0.05) is 85.3 Å². The molecule has 0 radical (unpaired) electrons. The Morgan fingerprint density at radius 3 is 1.93 bits per heavy atom. The first-order valence-corrected chi connectivity index (χ1v) is 14.8. The lowest BCUT2D eigenvalue weighted by Gasteiger charge is -2.36. The number of nitrogens with one attached hydrogen (secondary N) is 1. The van der Waals surface area contributed by atoms with Crippen molar-refractivity contribution in [3.05, 3.63) is 108 Å². The molecule has 1 N–H and O–H groups in total. The van der Waals surface area contributed by atoms with Gasteiger partial charge in [0.15, 0.2) is 5.78 Å². The molecule has 1 atom stereocenters. The number of carbonyl (C=O) groups is 4. The molecular weight excluding hydrogens is 530 g/mol. The molecule has 0 heterocycles. The van der Waals surface area contributed by atoms with E-state index in [-0.39, 0.29) is 43.5 Å². The van der Waals surface area contributed by atoms with Crippen LogP contribution in [0.3, 0.4) is 0 Å². The maximum Gasteiger partial charge on any atom is 0.306 e. The van der Waals surface area contributed by atoms with E-state index in [1.54, 1.807) is 24.3 Å². The minimum absolute atomic E-state index is 0.0550. The Bertz CT molecular complexity index is 1300. The monoisotopic (exact) mass is 569 g/mol. The minimum Gasteiger partial charge on any atom is -0.461 e. The van der Waals surface area contributed by atoms with Gasteiger partial charge < -0.3 is 14.8 Å². The summed E-state index contributed by atoms with van der Waals surface area (Å²) in [5.41, 5.74) is 1.56. The fourth-order valence-corrected chi connectivity index (χ4v) is 5.36. The van der Waals surface area contributed by atoms with Crippen molar-refractivity contribution in [2.24, 2.45) is 0 Å². The van der Waals surface area contributed by atoms with Crippen LogP contribution in [0.4, 0.5) is 0 Å². The Hall–Kier alpha value is -4.26. The molecule has 1 saturated carbocycles. The number of hydrogen-bond donors (Lipinski definition) is 1. The number of ketones is 1. The molecule has 0 bridgehead atoms. The number of hydrogen-bond acceptors (Lipinski definition) is 6. The molecule has 3 aromatic carbocycles. The number of Topliss-reactive ketones (excluding diaryl/α,β-unsaturated/α-hetero) is 1. The molecule has 220 valence electrons. The summed E-state index contributed by atoms with van der Waals surface area (Å²) < 4.78 is 11.4. The summed E-state index contributed by atoms with van der Waals surface area (Å²) in [6.45, 7) is 0.208. The van der Waals surface area contributed by atoms with E-state index < -0.39 is 17.6 Å². The van der Waals surface area contributed by atoms with Crippen molar-refractivity contribution in [1.29, 1.82) is 0 Å². The van der Waals surface area contributed by atoms with Gasteiger partial charge in [0.25, 0.3) is 5.91 Å². The number of ether oxygens (including phenoxy) is 2. The Balaban J connectivity index is 1.32. The molecule has 42 heavy (non-hydrogen) atoms. The van der Waals surface area contributed by atoms with Gasteiger partial charge in [0.05, 0.1) is 12.5 Å². The predicted octanol–water partition coefficient (Wildman–Crippen LogP) is 6.15. The van der Waals surface area contributed by atoms with Gasteiger partial charge in [0, 0.05) is 18.4 Å². The largest absolute Gasteiger partial charge is 0.461 e. The predicted molar refractivity (Wildman–Crippen MR) is 159 cm³/mol. The van der Waals surface area contributed by atoms with Gasteiger partial charge in [-0.05, 0) is 61.8 Å². The Morgan fingerprint density at radius 1 is 0.690 bits per heavy atom. The average Bonchev–Trinajstić information content (AvgIpc) is 3.03. The van der Waals surface area contributed by atoms with Crippen LogP contribution in [0.1, 0.15) is 79.3 Å². The van der Waals surface area contributed by atoms with E-state index in [0.717, 1.165) is 30.4 Å². The molecule has 1 fully saturated rings. The summed E-state index contributed by atoms with van der Waals surface area (Å²) in [4.78, 5) is 51.7. The number of rotatable bonds is 14. The van der Waals surface area contributed by atoms with Crippen LogP contribution in [0.25, 0.3) is 0 Å². The summed E-state index contributed by atoms with van der Waals surface area (Å²) in [7, 11) is 0. The molecule has 0 aromatic heterocycles. The topological polar surface area (TPSA) is 98.8 Å². The third-order valence-electron chi connectivity index (χ3n) is 7.71. The number of benzene rings is 3. The lowest BCUT2D eigenvalue weighted by atomic mass is 9.81. The molecule has 1 unspecified atom stereocenters. The van der Waals surface area contributed by atoms with Crippen LogP contribution in [-0.2, 0) is 36.9 Å². The number of amides is 1. The van der Waals surface area contributed by atoms with E-state index in [9.17, 15) is 19.2 Å². The smallest absolute Gasteiger partial charge is 0.306 e. The van der Waals surface area contributed by atoms with Crippen LogP contribution in [0, 0.1) is 0 Å². The zero-order valence-corrected chi connectivity index (χ0v) is 24.0. The van der Waals surface area contributed by atoms with Crippen molar-refractivity contribution >= 4 is 23.6 Å². The zero-order chi connectivity index (χ0) is 29.6. The maximum atomic E-state index is 13.3. The quantitative estimate of drug-likeness (QED) is 0.234. The highest BCUT2D eigenvalue weighted by Crippen LogP contribution is 2.36. The minimum atomic E-state index is -0.782. The summed E-state index contributed by atoms with van der Waals surface area (Å²) in [5.74, 6) is -1.36. The van der Waals surface area contributed by atoms with Crippen molar-refractivity contribution < 1.29 is 28.7 Å². The van der Waals surface area contributed by atoms with Gasteiger partial charge >= 0.3 is 11.9 Å². The van der Waals surface area contributed by atoms with E-state index >= 15 is 0 Å². The molecule has 0 saturated heterocycles. The highest BCUT2D eigenvalue weighted by Gasteiger charge is 2.36. The Kier molecular flexibility index (Phi) is 11.4. The Morgan fingerprint density at radius 2 is 1.29 bits per heavy atom. The lowest BCUT2D eigenvalue weighted by molar-refractivity contribution is -0.167. The molecule has 7 heteroatoms. The number of esters is 2. The summed E-state index contributed by atoms with van der Waals surface area (Å²) in [5, 5.41) is 2.86. The van der Waals surface area contributed by atoms with E-state index in [0.29, 0.717) is 31.2 Å². The fourth-order valence-electron chi connectivity index (χ4n) is 5.36. The van der Waals surface area contributed by atoms with Crippen molar-refractivity contribution in [2.75, 3.05) is 0 Å². The molecule has 0 spiro atoms. The van der Waals surface area contributed by atoms with E-state index in [1.165, 1.54) is 0 Å². The highest BCUT2D eigenvalue weighted by atomic mass is 16.6.